The average molecular weight is 195 g/mol. The van der Waals surface area contributed by atoms with Crippen LogP contribution in [0.1, 0.15) is 23.7 Å². The largest absolute Gasteiger partial charge is 0.493 e. The van der Waals surface area contributed by atoms with Crippen molar-refractivity contribution in [1.82, 2.24) is 0 Å². The third-order valence-corrected chi connectivity index (χ3v) is 1.70. The van der Waals surface area contributed by atoms with Gasteiger partial charge in [-0.25, -0.2) is 4.79 Å². The van der Waals surface area contributed by atoms with E-state index in [4.69, 9.17) is 15.6 Å². The number of carboxylic acids is 1. The highest BCUT2D eigenvalue weighted by Gasteiger charge is 2.10. The molecule has 4 heteroatoms. The lowest BCUT2D eigenvalue weighted by atomic mass is 10.2. The van der Waals surface area contributed by atoms with Crippen LogP contribution in [0, 0.1) is 0 Å². The molecule has 0 saturated heterocycles. The fourth-order valence-electron chi connectivity index (χ4n) is 1.05. The lowest BCUT2D eigenvalue weighted by molar-refractivity contribution is 0.0692. The van der Waals surface area contributed by atoms with Gasteiger partial charge in [-0.1, -0.05) is 6.92 Å². The molecule has 1 rings (SSSR count). The molecule has 0 heterocycles. The van der Waals surface area contributed by atoms with E-state index in [0.29, 0.717) is 18.0 Å². The summed E-state index contributed by atoms with van der Waals surface area (Å²) in [5, 5.41) is 8.85. The molecule has 0 spiro atoms. The molecular formula is C10H13NO3. The first kappa shape index (κ1) is 10.4. The van der Waals surface area contributed by atoms with Crippen LogP contribution in [0.4, 0.5) is 5.69 Å². The zero-order chi connectivity index (χ0) is 10.6. The zero-order valence-corrected chi connectivity index (χ0v) is 7.99. The lowest BCUT2D eigenvalue weighted by Crippen LogP contribution is -2.04. The molecule has 0 saturated carbocycles. The minimum Gasteiger partial charge on any atom is -0.493 e. The number of aromatic carboxylic acids is 1. The summed E-state index contributed by atoms with van der Waals surface area (Å²) in [6.45, 7) is 2.46. The molecule has 0 aliphatic carbocycles. The standard InChI is InChI=1S/C10H13NO3/c1-2-5-14-9-4-3-7(11)6-8(9)10(12)13/h3-4,6H,2,5,11H2,1H3,(H,12,13). The molecule has 0 atom stereocenters. The van der Waals surface area contributed by atoms with Crippen LogP contribution in [-0.2, 0) is 0 Å². The van der Waals surface area contributed by atoms with Gasteiger partial charge in [-0.05, 0) is 24.6 Å². The van der Waals surface area contributed by atoms with Gasteiger partial charge in [0.25, 0.3) is 0 Å². The quantitative estimate of drug-likeness (QED) is 0.718. The molecular weight excluding hydrogens is 182 g/mol. The molecule has 3 N–H and O–H groups in total. The Hall–Kier alpha value is -1.71. The lowest BCUT2D eigenvalue weighted by Gasteiger charge is -2.08. The van der Waals surface area contributed by atoms with E-state index in [0.717, 1.165) is 6.42 Å². The van der Waals surface area contributed by atoms with Crippen LogP contribution in [0.2, 0.25) is 0 Å². The predicted octanol–water partition coefficient (Wildman–Crippen LogP) is 1.76. The number of anilines is 1. The maximum Gasteiger partial charge on any atom is 0.339 e. The van der Waals surface area contributed by atoms with Crippen molar-refractivity contribution in [2.45, 2.75) is 13.3 Å². The number of carboxylic acid groups (broad SMARTS) is 1. The maximum absolute atomic E-state index is 10.8. The topological polar surface area (TPSA) is 72.5 Å². The van der Waals surface area contributed by atoms with Crippen molar-refractivity contribution in [3.8, 4) is 5.75 Å². The van der Waals surface area contributed by atoms with E-state index in [1.54, 1.807) is 12.1 Å². The first-order chi connectivity index (χ1) is 6.65. The number of benzene rings is 1. The molecule has 0 aliphatic rings. The average Bonchev–Trinajstić information content (AvgIpc) is 2.15. The van der Waals surface area contributed by atoms with Gasteiger partial charge < -0.3 is 15.6 Å². The Morgan fingerprint density at radius 2 is 2.29 bits per heavy atom. The van der Waals surface area contributed by atoms with Crippen molar-refractivity contribution in [1.29, 1.82) is 0 Å². The van der Waals surface area contributed by atoms with Crippen molar-refractivity contribution in [2.24, 2.45) is 0 Å². The van der Waals surface area contributed by atoms with E-state index in [2.05, 4.69) is 0 Å². The van der Waals surface area contributed by atoms with Gasteiger partial charge in [-0.15, -0.1) is 0 Å². The minimum atomic E-state index is -1.02. The Morgan fingerprint density at radius 1 is 1.57 bits per heavy atom. The molecule has 0 bridgehead atoms. The van der Waals surface area contributed by atoms with Gasteiger partial charge >= 0.3 is 5.97 Å². The van der Waals surface area contributed by atoms with Crippen LogP contribution in [0.15, 0.2) is 18.2 Å². The molecule has 14 heavy (non-hydrogen) atoms. The molecule has 1 aromatic carbocycles. The van der Waals surface area contributed by atoms with Gasteiger partial charge in [-0.3, -0.25) is 0 Å². The Bertz CT molecular complexity index is 336. The predicted molar refractivity (Wildman–Crippen MR) is 53.6 cm³/mol. The van der Waals surface area contributed by atoms with E-state index in [1.807, 2.05) is 6.92 Å². The SMILES string of the molecule is CCCOc1ccc(N)cc1C(=O)O. The highest BCUT2D eigenvalue weighted by molar-refractivity contribution is 5.92. The molecule has 0 aliphatic heterocycles. The van der Waals surface area contributed by atoms with Crippen molar-refractivity contribution in [3.05, 3.63) is 23.8 Å². The summed E-state index contributed by atoms with van der Waals surface area (Å²) < 4.78 is 5.27. The zero-order valence-electron chi connectivity index (χ0n) is 7.99. The number of hydrogen-bond donors (Lipinski definition) is 2. The summed E-state index contributed by atoms with van der Waals surface area (Å²) >= 11 is 0. The van der Waals surface area contributed by atoms with Crippen LogP contribution in [0.25, 0.3) is 0 Å². The number of nitrogens with two attached hydrogens (primary N) is 1. The Balaban J connectivity index is 2.96. The third kappa shape index (κ3) is 2.39. The second kappa shape index (κ2) is 4.50. The fourth-order valence-corrected chi connectivity index (χ4v) is 1.05. The first-order valence-electron chi connectivity index (χ1n) is 4.40. The molecule has 1 aromatic rings. The molecule has 0 radical (unpaired) electrons. The van der Waals surface area contributed by atoms with E-state index < -0.39 is 5.97 Å². The maximum atomic E-state index is 10.8. The van der Waals surface area contributed by atoms with Gasteiger partial charge in [-0.2, -0.15) is 0 Å². The van der Waals surface area contributed by atoms with E-state index in [9.17, 15) is 4.79 Å². The van der Waals surface area contributed by atoms with Gasteiger partial charge in [0.1, 0.15) is 11.3 Å². The summed E-state index contributed by atoms with van der Waals surface area (Å²) in [5.74, 6) is -0.656. The van der Waals surface area contributed by atoms with Crippen molar-refractivity contribution in [3.63, 3.8) is 0 Å². The normalized spacial score (nSPS) is 9.79. The Labute approximate surface area is 82.3 Å². The van der Waals surface area contributed by atoms with Crippen molar-refractivity contribution in [2.75, 3.05) is 12.3 Å². The summed E-state index contributed by atoms with van der Waals surface area (Å²) in [6, 6.07) is 4.60. The van der Waals surface area contributed by atoms with Gasteiger partial charge in [0.2, 0.25) is 0 Å². The summed E-state index contributed by atoms with van der Waals surface area (Å²) in [5.41, 5.74) is 6.01. The Kier molecular flexibility index (Phi) is 3.34. The molecule has 0 aromatic heterocycles. The van der Waals surface area contributed by atoms with Gasteiger partial charge in [0.05, 0.1) is 6.61 Å². The molecule has 76 valence electrons. The van der Waals surface area contributed by atoms with Crippen LogP contribution < -0.4 is 10.5 Å². The smallest absolute Gasteiger partial charge is 0.339 e. The number of ether oxygens (including phenoxy) is 1. The number of nitrogen functional groups attached to an aromatic ring is 1. The van der Waals surface area contributed by atoms with E-state index in [-0.39, 0.29) is 5.56 Å². The third-order valence-electron chi connectivity index (χ3n) is 1.70. The van der Waals surface area contributed by atoms with Crippen molar-refractivity contribution >= 4 is 11.7 Å². The van der Waals surface area contributed by atoms with Gasteiger partial charge in [0, 0.05) is 5.69 Å². The highest BCUT2D eigenvalue weighted by Crippen LogP contribution is 2.21. The Morgan fingerprint density at radius 3 is 2.86 bits per heavy atom. The second-order valence-corrected chi connectivity index (χ2v) is 2.91. The monoisotopic (exact) mass is 195 g/mol. The van der Waals surface area contributed by atoms with Crippen LogP contribution >= 0.6 is 0 Å². The fraction of sp³-hybridized carbons (Fsp3) is 0.300. The highest BCUT2D eigenvalue weighted by atomic mass is 16.5. The summed E-state index contributed by atoms with van der Waals surface area (Å²) in [4.78, 5) is 10.8. The van der Waals surface area contributed by atoms with Crippen LogP contribution in [0.3, 0.4) is 0 Å². The van der Waals surface area contributed by atoms with Crippen molar-refractivity contribution < 1.29 is 14.6 Å². The van der Waals surface area contributed by atoms with E-state index in [1.165, 1.54) is 6.07 Å². The van der Waals surface area contributed by atoms with Crippen LogP contribution in [0.5, 0.6) is 5.75 Å². The molecule has 0 unspecified atom stereocenters. The van der Waals surface area contributed by atoms with Gasteiger partial charge in [0.15, 0.2) is 0 Å². The minimum absolute atomic E-state index is 0.110. The molecule has 0 fully saturated rings. The number of hydrogen-bond acceptors (Lipinski definition) is 3. The number of carbonyl (C=O) groups is 1. The molecule has 4 nitrogen and oxygen atoms in total. The van der Waals surface area contributed by atoms with Crippen LogP contribution in [-0.4, -0.2) is 17.7 Å². The second-order valence-electron chi connectivity index (χ2n) is 2.91. The summed E-state index contributed by atoms with van der Waals surface area (Å²) in [6.07, 6.45) is 0.837. The van der Waals surface area contributed by atoms with E-state index >= 15 is 0 Å². The first-order valence-corrected chi connectivity index (χ1v) is 4.40. The molecule has 0 amide bonds. The number of rotatable bonds is 4. The summed E-state index contributed by atoms with van der Waals surface area (Å²) in [7, 11) is 0.